The highest BCUT2D eigenvalue weighted by Gasteiger charge is 2.18. The number of nitrogens with zero attached hydrogens (tertiary/aromatic N) is 1. The smallest absolute Gasteiger partial charge is 0.305 e. The second kappa shape index (κ2) is 6.02. The summed E-state index contributed by atoms with van der Waals surface area (Å²) >= 11 is 0. The first-order chi connectivity index (χ1) is 8.70. The number of hydrogen-bond donors (Lipinski definition) is 1. The Morgan fingerprint density at radius 2 is 1.95 bits per heavy atom. The van der Waals surface area contributed by atoms with Crippen molar-refractivity contribution in [2.24, 2.45) is 0 Å². The third-order valence-electron chi connectivity index (χ3n) is 2.28. The molecule has 19 heavy (non-hydrogen) atoms. The molecule has 0 fully saturated rings. The second-order valence-electron chi connectivity index (χ2n) is 3.96. The Bertz CT molecular complexity index is 589. The van der Waals surface area contributed by atoms with Gasteiger partial charge in [0.1, 0.15) is 15.7 Å². The van der Waals surface area contributed by atoms with Crippen molar-refractivity contribution in [3.8, 4) is 0 Å². The van der Waals surface area contributed by atoms with E-state index in [1.54, 1.807) is 0 Å². The monoisotopic (exact) mass is 294 g/mol. The van der Waals surface area contributed by atoms with Crippen LogP contribution in [0.25, 0.3) is 0 Å². The lowest BCUT2D eigenvalue weighted by Gasteiger charge is -2.06. The summed E-state index contributed by atoms with van der Waals surface area (Å²) in [5, 5.41) is 13.1. The molecule has 0 spiro atoms. The molecule has 106 valence electrons. The van der Waals surface area contributed by atoms with E-state index in [4.69, 9.17) is 0 Å². The number of hydrogen-bond acceptors (Lipinski definition) is 5. The highest BCUT2D eigenvalue weighted by Crippen LogP contribution is 2.21. The Labute approximate surface area is 108 Å². The summed E-state index contributed by atoms with van der Waals surface area (Å²) in [5.74, 6) is -2.31. The van der Waals surface area contributed by atoms with Gasteiger partial charge in [-0.25, -0.2) is 12.8 Å². The van der Waals surface area contributed by atoms with Crippen molar-refractivity contribution in [2.75, 3.05) is 18.6 Å². The SMILES string of the molecule is CS(=O)(=O)CCNCc1cc([N+](=O)[O-])c(F)cc1F. The van der Waals surface area contributed by atoms with E-state index in [0.29, 0.717) is 6.07 Å². The average Bonchev–Trinajstić information content (AvgIpc) is 2.24. The number of benzene rings is 1. The molecule has 0 aromatic heterocycles. The molecule has 1 aromatic rings. The topological polar surface area (TPSA) is 89.3 Å². The summed E-state index contributed by atoms with van der Waals surface area (Å²) < 4.78 is 48.1. The van der Waals surface area contributed by atoms with Crippen LogP contribution in [-0.2, 0) is 16.4 Å². The van der Waals surface area contributed by atoms with Gasteiger partial charge in [0, 0.05) is 37.0 Å². The fraction of sp³-hybridized carbons (Fsp3) is 0.400. The average molecular weight is 294 g/mol. The summed E-state index contributed by atoms with van der Waals surface area (Å²) in [6.45, 7) is -0.0497. The van der Waals surface area contributed by atoms with Crippen molar-refractivity contribution in [1.29, 1.82) is 0 Å². The molecule has 1 rings (SSSR count). The fourth-order valence-electron chi connectivity index (χ4n) is 1.34. The van der Waals surface area contributed by atoms with Gasteiger partial charge < -0.3 is 5.32 Å². The van der Waals surface area contributed by atoms with Crippen LogP contribution in [0.5, 0.6) is 0 Å². The number of sulfone groups is 1. The van der Waals surface area contributed by atoms with Gasteiger partial charge in [-0.1, -0.05) is 0 Å². The van der Waals surface area contributed by atoms with Gasteiger partial charge in [0.25, 0.3) is 0 Å². The van der Waals surface area contributed by atoms with Crippen molar-refractivity contribution in [3.05, 3.63) is 39.4 Å². The molecule has 0 bridgehead atoms. The maximum absolute atomic E-state index is 13.3. The van der Waals surface area contributed by atoms with Crippen LogP contribution < -0.4 is 5.32 Å². The van der Waals surface area contributed by atoms with Gasteiger partial charge >= 0.3 is 5.69 Å². The molecule has 9 heteroatoms. The molecule has 1 N–H and O–H groups in total. The predicted octanol–water partition coefficient (Wildman–Crippen LogP) is 1.01. The van der Waals surface area contributed by atoms with Gasteiger partial charge in [-0.05, 0) is 0 Å². The van der Waals surface area contributed by atoms with Gasteiger partial charge in [0.15, 0.2) is 0 Å². The van der Waals surface area contributed by atoms with Crippen molar-refractivity contribution in [3.63, 3.8) is 0 Å². The van der Waals surface area contributed by atoms with Crippen molar-refractivity contribution in [1.82, 2.24) is 5.32 Å². The zero-order valence-electron chi connectivity index (χ0n) is 10.0. The van der Waals surface area contributed by atoms with Crippen molar-refractivity contribution >= 4 is 15.5 Å². The molecule has 0 amide bonds. The normalized spacial score (nSPS) is 11.5. The van der Waals surface area contributed by atoms with E-state index in [-0.39, 0.29) is 24.4 Å². The van der Waals surface area contributed by atoms with E-state index in [0.717, 1.165) is 12.3 Å². The van der Waals surface area contributed by atoms with Crippen LogP contribution in [0.2, 0.25) is 0 Å². The molecular weight excluding hydrogens is 282 g/mol. The number of nitro groups is 1. The zero-order valence-corrected chi connectivity index (χ0v) is 10.8. The van der Waals surface area contributed by atoms with Crippen LogP contribution in [0, 0.1) is 21.7 Å². The summed E-state index contributed by atoms with van der Waals surface area (Å²) in [6.07, 6.45) is 1.05. The van der Waals surface area contributed by atoms with Crippen LogP contribution in [0.4, 0.5) is 14.5 Å². The molecule has 0 aliphatic carbocycles. The van der Waals surface area contributed by atoms with Gasteiger partial charge in [-0.15, -0.1) is 0 Å². The van der Waals surface area contributed by atoms with E-state index in [1.165, 1.54) is 0 Å². The van der Waals surface area contributed by atoms with E-state index in [2.05, 4.69) is 5.32 Å². The molecule has 0 saturated carbocycles. The molecular formula is C10H12F2N2O4S. The zero-order chi connectivity index (χ0) is 14.6. The lowest BCUT2D eigenvalue weighted by Crippen LogP contribution is -2.22. The summed E-state index contributed by atoms with van der Waals surface area (Å²) in [4.78, 5) is 9.54. The highest BCUT2D eigenvalue weighted by molar-refractivity contribution is 7.90. The lowest BCUT2D eigenvalue weighted by molar-refractivity contribution is -0.387. The second-order valence-corrected chi connectivity index (χ2v) is 6.22. The van der Waals surface area contributed by atoms with Crippen LogP contribution in [-0.4, -0.2) is 31.9 Å². The number of nitrogens with one attached hydrogen (secondary N) is 1. The predicted molar refractivity (Wildman–Crippen MR) is 64.4 cm³/mol. The van der Waals surface area contributed by atoms with Crippen LogP contribution in [0.15, 0.2) is 12.1 Å². The maximum Gasteiger partial charge on any atom is 0.305 e. The Hall–Kier alpha value is -1.61. The molecule has 0 aliphatic rings. The van der Waals surface area contributed by atoms with Crippen molar-refractivity contribution < 1.29 is 22.1 Å². The minimum Gasteiger partial charge on any atom is -0.312 e. The molecule has 1 aromatic carbocycles. The molecule has 0 radical (unpaired) electrons. The molecule has 0 heterocycles. The standard InChI is InChI=1S/C10H12F2N2O4S/c1-19(17,18)3-2-13-6-7-4-10(14(15)16)9(12)5-8(7)11/h4-5,13H,2-3,6H2,1H3. The quantitative estimate of drug-likeness (QED) is 0.480. The molecule has 0 atom stereocenters. The number of rotatable bonds is 6. The third kappa shape index (κ3) is 4.87. The summed E-state index contributed by atoms with van der Waals surface area (Å²) in [5.41, 5.74) is -0.914. The summed E-state index contributed by atoms with van der Waals surface area (Å²) in [7, 11) is -3.14. The Morgan fingerprint density at radius 3 is 2.47 bits per heavy atom. The highest BCUT2D eigenvalue weighted by atomic mass is 32.2. The lowest BCUT2D eigenvalue weighted by atomic mass is 10.2. The first kappa shape index (κ1) is 15.4. The van der Waals surface area contributed by atoms with Gasteiger partial charge in [0.2, 0.25) is 5.82 Å². The Kier molecular flexibility index (Phi) is 4.90. The largest absolute Gasteiger partial charge is 0.312 e. The summed E-state index contributed by atoms with van der Waals surface area (Å²) in [6, 6.07) is 1.23. The first-order valence-corrected chi connectivity index (χ1v) is 7.27. The maximum atomic E-state index is 13.3. The van der Waals surface area contributed by atoms with Gasteiger partial charge in [-0.2, -0.15) is 4.39 Å². The Balaban J connectivity index is 2.73. The van der Waals surface area contributed by atoms with E-state index >= 15 is 0 Å². The Morgan fingerprint density at radius 1 is 1.32 bits per heavy atom. The van der Waals surface area contributed by atoms with Crippen LogP contribution in [0.3, 0.4) is 0 Å². The van der Waals surface area contributed by atoms with E-state index in [9.17, 15) is 27.3 Å². The fourth-order valence-corrected chi connectivity index (χ4v) is 1.85. The number of nitro benzene ring substituents is 1. The van der Waals surface area contributed by atoms with Gasteiger partial charge in [0.05, 0.1) is 10.7 Å². The number of halogens is 2. The van der Waals surface area contributed by atoms with Gasteiger partial charge in [-0.3, -0.25) is 10.1 Å². The molecule has 6 nitrogen and oxygen atoms in total. The third-order valence-corrected chi connectivity index (χ3v) is 3.22. The van der Waals surface area contributed by atoms with Crippen LogP contribution in [0.1, 0.15) is 5.56 Å². The van der Waals surface area contributed by atoms with Crippen LogP contribution >= 0.6 is 0 Å². The van der Waals surface area contributed by atoms with E-state index < -0.39 is 32.1 Å². The molecule has 0 saturated heterocycles. The minimum absolute atomic E-state index is 0.0729. The molecule has 0 unspecified atom stereocenters. The van der Waals surface area contributed by atoms with E-state index in [1.807, 2.05) is 0 Å². The first-order valence-electron chi connectivity index (χ1n) is 5.21. The van der Waals surface area contributed by atoms with Crippen molar-refractivity contribution in [2.45, 2.75) is 6.54 Å². The molecule has 0 aliphatic heterocycles. The minimum atomic E-state index is -3.14.